The Morgan fingerprint density at radius 3 is 2.43 bits per heavy atom. The van der Waals surface area contributed by atoms with Gasteiger partial charge in [0.2, 0.25) is 0 Å². The summed E-state index contributed by atoms with van der Waals surface area (Å²) in [5.74, 6) is 0.889. The van der Waals surface area contributed by atoms with Crippen LogP contribution in [0.2, 0.25) is 0 Å². The van der Waals surface area contributed by atoms with Crippen LogP contribution in [0.4, 0.5) is 11.4 Å². The Kier molecular flexibility index (Phi) is 4.20. The Morgan fingerprint density at radius 2 is 1.74 bits per heavy atom. The minimum absolute atomic E-state index is 0.680. The summed E-state index contributed by atoms with van der Waals surface area (Å²) in [5.41, 5.74) is 6.65. The third-order valence-corrected chi connectivity index (χ3v) is 3.82. The summed E-state index contributed by atoms with van der Waals surface area (Å²) in [6.45, 7) is 8.93. The molecule has 3 aromatic rings. The van der Waals surface area contributed by atoms with E-state index < -0.39 is 0 Å². The van der Waals surface area contributed by atoms with Crippen molar-refractivity contribution in [3.8, 4) is 5.75 Å². The van der Waals surface area contributed by atoms with Gasteiger partial charge in [0.1, 0.15) is 5.75 Å². The number of aromatic nitrogens is 1. The second-order valence-electron chi connectivity index (χ2n) is 5.87. The highest BCUT2D eigenvalue weighted by molar-refractivity contribution is 5.95. The van der Waals surface area contributed by atoms with E-state index in [0.29, 0.717) is 6.61 Å². The molecule has 0 spiro atoms. The van der Waals surface area contributed by atoms with Gasteiger partial charge in [0, 0.05) is 22.5 Å². The van der Waals surface area contributed by atoms with E-state index in [4.69, 9.17) is 9.72 Å². The number of ether oxygens (including phenoxy) is 1. The van der Waals surface area contributed by atoms with E-state index in [2.05, 4.69) is 37.4 Å². The smallest absolute Gasteiger partial charge is 0.119 e. The van der Waals surface area contributed by atoms with Crippen molar-refractivity contribution in [2.75, 3.05) is 11.9 Å². The van der Waals surface area contributed by atoms with Gasteiger partial charge in [0.25, 0.3) is 0 Å². The fraction of sp³-hybridized carbons (Fsp3) is 0.250. The van der Waals surface area contributed by atoms with Crippen LogP contribution in [0.5, 0.6) is 5.75 Å². The van der Waals surface area contributed by atoms with Crippen LogP contribution in [0.3, 0.4) is 0 Å². The lowest BCUT2D eigenvalue weighted by Crippen LogP contribution is -1.97. The van der Waals surface area contributed by atoms with Crippen LogP contribution in [0.1, 0.15) is 23.7 Å². The van der Waals surface area contributed by atoms with Gasteiger partial charge in [-0.3, -0.25) is 4.98 Å². The summed E-state index contributed by atoms with van der Waals surface area (Å²) in [6, 6.07) is 14.5. The highest BCUT2D eigenvalue weighted by Crippen LogP contribution is 2.30. The fourth-order valence-corrected chi connectivity index (χ4v) is 2.87. The average Bonchev–Trinajstić information content (AvgIpc) is 2.51. The van der Waals surface area contributed by atoms with Gasteiger partial charge in [-0.2, -0.15) is 0 Å². The first-order valence-electron chi connectivity index (χ1n) is 7.95. The molecule has 1 N–H and O–H groups in total. The second-order valence-corrected chi connectivity index (χ2v) is 5.87. The number of hydrogen-bond donors (Lipinski definition) is 1. The van der Waals surface area contributed by atoms with Crippen molar-refractivity contribution in [1.29, 1.82) is 0 Å². The number of benzene rings is 2. The molecule has 0 radical (unpaired) electrons. The Morgan fingerprint density at radius 1 is 1.00 bits per heavy atom. The first-order valence-corrected chi connectivity index (χ1v) is 7.95. The molecule has 2 aromatic carbocycles. The molecular formula is C20H22N2O. The number of nitrogens with one attached hydrogen (secondary N) is 1. The minimum Gasteiger partial charge on any atom is -0.494 e. The quantitative estimate of drug-likeness (QED) is 0.710. The highest BCUT2D eigenvalue weighted by atomic mass is 16.5. The SMILES string of the molecule is CCOc1ccc(Nc2cc(C)nc3c(C)cc(C)cc23)cc1. The lowest BCUT2D eigenvalue weighted by atomic mass is 10.0. The topological polar surface area (TPSA) is 34.1 Å². The number of hydrogen-bond acceptors (Lipinski definition) is 3. The Hall–Kier alpha value is -2.55. The number of fused-ring (bicyclic) bond motifs is 1. The Labute approximate surface area is 137 Å². The number of pyridine rings is 1. The van der Waals surface area contributed by atoms with E-state index in [1.165, 1.54) is 11.1 Å². The molecule has 0 saturated carbocycles. The molecule has 23 heavy (non-hydrogen) atoms. The molecule has 0 aliphatic rings. The third-order valence-electron chi connectivity index (χ3n) is 3.82. The molecule has 0 unspecified atom stereocenters. The van der Waals surface area contributed by atoms with Crippen LogP contribution in [-0.2, 0) is 0 Å². The maximum absolute atomic E-state index is 5.49. The molecule has 1 aromatic heterocycles. The lowest BCUT2D eigenvalue weighted by molar-refractivity contribution is 0.340. The molecule has 1 heterocycles. The summed E-state index contributed by atoms with van der Waals surface area (Å²) in [5, 5.41) is 4.67. The Balaban J connectivity index is 2.02. The molecule has 3 heteroatoms. The molecule has 0 aliphatic carbocycles. The molecular weight excluding hydrogens is 284 g/mol. The second kappa shape index (κ2) is 6.29. The maximum Gasteiger partial charge on any atom is 0.119 e. The molecule has 0 bridgehead atoms. The molecule has 3 nitrogen and oxygen atoms in total. The lowest BCUT2D eigenvalue weighted by Gasteiger charge is -2.13. The van der Waals surface area contributed by atoms with Gasteiger partial charge in [-0.25, -0.2) is 0 Å². The summed E-state index contributed by atoms with van der Waals surface area (Å²) in [4.78, 5) is 4.70. The normalized spacial score (nSPS) is 10.8. The van der Waals surface area contributed by atoms with E-state index in [1.807, 2.05) is 38.1 Å². The van der Waals surface area contributed by atoms with Crippen molar-refractivity contribution in [3.05, 3.63) is 59.3 Å². The summed E-state index contributed by atoms with van der Waals surface area (Å²) in [7, 11) is 0. The molecule has 0 amide bonds. The first kappa shape index (κ1) is 15.3. The van der Waals surface area contributed by atoms with E-state index in [-0.39, 0.29) is 0 Å². The van der Waals surface area contributed by atoms with Crippen molar-refractivity contribution in [2.24, 2.45) is 0 Å². The van der Waals surface area contributed by atoms with Gasteiger partial charge in [-0.05, 0) is 69.7 Å². The number of aryl methyl sites for hydroxylation is 3. The van der Waals surface area contributed by atoms with Crippen LogP contribution in [0, 0.1) is 20.8 Å². The molecule has 0 aliphatic heterocycles. The van der Waals surface area contributed by atoms with Crippen molar-refractivity contribution >= 4 is 22.3 Å². The number of anilines is 2. The molecule has 0 atom stereocenters. The van der Waals surface area contributed by atoms with E-state index in [1.54, 1.807) is 0 Å². The van der Waals surface area contributed by atoms with Crippen molar-refractivity contribution < 1.29 is 4.74 Å². The summed E-state index contributed by atoms with van der Waals surface area (Å²) < 4.78 is 5.49. The highest BCUT2D eigenvalue weighted by Gasteiger charge is 2.08. The largest absolute Gasteiger partial charge is 0.494 e. The van der Waals surface area contributed by atoms with Gasteiger partial charge < -0.3 is 10.1 Å². The standard InChI is InChI=1S/C20H22N2O/c1-5-23-17-8-6-16(7-9-17)22-19-12-15(4)21-20-14(3)10-13(2)11-18(19)20/h6-12H,5H2,1-4H3,(H,21,22). The fourth-order valence-electron chi connectivity index (χ4n) is 2.87. The molecule has 3 rings (SSSR count). The van der Waals surface area contributed by atoms with Crippen molar-refractivity contribution in [2.45, 2.75) is 27.7 Å². The summed E-state index contributed by atoms with van der Waals surface area (Å²) >= 11 is 0. The number of nitrogens with zero attached hydrogens (tertiary/aromatic N) is 1. The van der Waals surface area contributed by atoms with Gasteiger partial charge in [-0.15, -0.1) is 0 Å². The van der Waals surface area contributed by atoms with Crippen molar-refractivity contribution in [1.82, 2.24) is 4.98 Å². The van der Waals surface area contributed by atoms with Crippen molar-refractivity contribution in [3.63, 3.8) is 0 Å². The summed E-state index contributed by atoms with van der Waals surface area (Å²) in [6.07, 6.45) is 0. The Bertz CT molecular complexity index is 838. The monoisotopic (exact) mass is 306 g/mol. The zero-order valence-corrected chi connectivity index (χ0v) is 14.1. The van der Waals surface area contributed by atoms with Crippen LogP contribution < -0.4 is 10.1 Å². The maximum atomic E-state index is 5.49. The minimum atomic E-state index is 0.680. The average molecular weight is 306 g/mol. The zero-order chi connectivity index (χ0) is 16.4. The predicted octanol–water partition coefficient (Wildman–Crippen LogP) is 5.30. The van der Waals surface area contributed by atoms with Gasteiger partial charge in [-0.1, -0.05) is 11.6 Å². The molecule has 118 valence electrons. The van der Waals surface area contributed by atoms with Gasteiger partial charge in [0.15, 0.2) is 0 Å². The number of rotatable bonds is 4. The van der Waals surface area contributed by atoms with Crippen LogP contribution in [-0.4, -0.2) is 11.6 Å². The predicted molar refractivity (Wildman–Crippen MR) is 96.8 cm³/mol. The molecule has 0 saturated heterocycles. The first-order chi connectivity index (χ1) is 11.1. The van der Waals surface area contributed by atoms with E-state index >= 15 is 0 Å². The van der Waals surface area contributed by atoms with Gasteiger partial charge >= 0.3 is 0 Å². The van der Waals surface area contributed by atoms with E-state index in [9.17, 15) is 0 Å². The van der Waals surface area contributed by atoms with Crippen LogP contribution >= 0.6 is 0 Å². The third kappa shape index (κ3) is 3.29. The zero-order valence-electron chi connectivity index (χ0n) is 14.1. The van der Waals surface area contributed by atoms with Gasteiger partial charge in [0.05, 0.1) is 12.1 Å². The van der Waals surface area contributed by atoms with Crippen LogP contribution in [0.25, 0.3) is 10.9 Å². The van der Waals surface area contributed by atoms with E-state index in [0.717, 1.165) is 33.7 Å². The molecule has 0 fully saturated rings. The van der Waals surface area contributed by atoms with Crippen LogP contribution in [0.15, 0.2) is 42.5 Å².